The fraction of sp³-hybridized carbons (Fsp3) is 0.160. The third-order valence-electron chi connectivity index (χ3n) is 5.33. The van der Waals surface area contributed by atoms with Crippen molar-refractivity contribution in [1.82, 2.24) is 29.5 Å². The van der Waals surface area contributed by atoms with Crippen LogP contribution in [0.2, 0.25) is 0 Å². The molecule has 0 bridgehead atoms. The summed E-state index contributed by atoms with van der Waals surface area (Å²) in [7, 11) is 0. The van der Waals surface area contributed by atoms with Crippen LogP contribution in [0.15, 0.2) is 54.6 Å². The van der Waals surface area contributed by atoms with Crippen molar-refractivity contribution in [1.29, 1.82) is 0 Å². The summed E-state index contributed by atoms with van der Waals surface area (Å²) in [5.41, 5.74) is 13.4. The molecule has 0 fully saturated rings. The second kappa shape index (κ2) is 8.05. The van der Waals surface area contributed by atoms with Crippen molar-refractivity contribution in [3.05, 3.63) is 89.0 Å². The predicted octanol–water partition coefficient (Wildman–Crippen LogP) is 4.49. The number of rotatable bonds is 4. The fourth-order valence-electron chi connectivity index (χ4n) is 4.00. The van der Waals surface area contributed by atoms with Gasteiger partial charge in [0.2, 0.25) is 5.95 Å². The zero-order valence-electron chi connectivity index (χ0n) is 18.5. The van der Waals surface area contributed by atoms with Crippen molar-refractivity contribution in [3.8, 4) is 22.4 Å². The van der Waals surface area contributed by atoms with E-state index in [1.807, 2.05) is 51.1 Å². The lowest BCUT2D eigenvalue weighted by molar-refractivity contribution is 0.628. The summed E-state index contributed by atoms with van der Waals surface area (Å²) >= 11 is 0. The molecule has 2 N–H and O–H groups in total. The van der Waals surface area contributed by atoms with Crippen LogP contribution in [0, 0.1) is 26.6 Å². The molecule has 0 aliphatic heterocycles. The number of nitrogens with two attached hydrogens (primary N) is 1. The molecule has 33 heavy (non-hydrogen) atoms. The number of nitrogens with zero attached hydrogens (tertiary/aromatic N) is 6. The van der Waals surface area contributed by atoms with Crippen LogP contribution in [0.3, 0.4) is 0 Å². The first kappa shape index (κ1) is 20.7. The van der Waals surface area contributed by atoms with Crippen LogP contribution in [0.25, 0.3) is 28.0 Å². The van der Waals surface area contributed by atoms with E-state index in [2.05, 4.69) is 20.1 Å². The molecule has 0 saturated carbocycles. The first-order valence-corrected chi connectivity index (χ1v) is 10.6. The predicted molar refractivity (Wildman–Crippen MR) is 125 cm³/mol. The SMILES string of the molecule is Cc1cc(-c2c(-c3ccc(F)cc3)nc(N)n3nc(Cc4cccc(C)n4)nc23)cc(C)n1. The second-order valence-electron chi connectivity index (χ2n) is 8.05. The summed E-state index contributed by atoms with van der Waals surface area (Å²) in [6.45, 7) is 5.83. The van der Waals surface area contributed by atoms with E-state index in [4.69, 9.17) is 10.7 Å². The average molecular weight is 439 g/mol. The molecule has 0 radical (unpaired) electrons. The zero-order chi connectivity index (χ0) is 23.1. The second-order valence-corrected chi connectivity index (χ2v) is 8.05. The number of aryl methyl sites for hydroxylation is 3. The number of hydrogen-bond acceptors (Lipinski definition) is 6. The fourth-order valence-corrected chi connectivity index (χ4v) is 4.00. The maximum absolute atomic E-state index is 13.6. The van der Waals surface area contributed by atoms with Crippen LogP contribution >= 0.6 is 0 Å². The Hall–Kier alpha value is -4.20. The highest BCUT2D eigenvalue weighted by molar-refractivity contribution is 5.90. The van der Waals surface area contributed by atoms with Crippen LogP contribution in [-0.2, 0) is 6.42 Å². The van der Waals surface area contributed by atoms with Gasteiger partial charge >= 0.3 is 0 Å². The highest BCUT2D eigenvalue weighted by Crippen LogP contribution is 2.35. The highest BCUT2D eigenvalue weighted by atomic mass is 19.1. The summed E-state index contributed by atoms with van der Waals surface area (Å²) in [5, 5.41) is 4.62. The molecule has 4 heterocycles. The Morgan fingerprint density at radius 1 is 0.818 bits per heavy atom. The van der Waals surface area contributed by atoms with Gasteiger partial charge in [0, 0.05) is 28.3 Å². The summed E-state index contributed by atoms with van der Waals surface area (Å²) < 4.78 is 15.2. The normalized spacial score (nSPS) is 11.3. The Balaban J connectivity index is 1.76. The maximum atomic E-state index is 13.6. The third kappa shape index (κ3) is 4.03. The lowest BCUT2D eigenvalue weighted by Gasteiger charge is -2.13. The molecule has 1 aromatic carbocycles. The molecule has 0 aliphatic carbocycles. The van der Waals surface area contributed by atoms with Gasteiger partial charge in [0.25, 0.3) is 0 Å². The smallest absolute Gasteiger partial charge is 0.223 e. The van der Waals surface area contributed by atoms with Crippen molar-refractivity contribution in [2.45, 2.75) is 27.2 Å². The van der Waals surface area contributed by atoms with E-state index in [1.165, 1.54) is 12.1 Å². The molecule has 7 nitrogen and oxygen atoms in total. The monoisotopic (exact) mass is 439 g/mol. The minimum Gasteiger partial charge on any atom is -0.368 e. The Kier molecular flexibility index (Phi) is 5.05. The average Bonchev–Trinajstić information content (AvgIpc) is 3.17. The van der Waals surface area contributed by atoms with E-state index in [0.717, 1.165) is 39.5 Å². The molecule has 0 spiro atoms. The number of aromatic nitrogens is 6. The number of halogens is 1. The number of nitrogen functional groups attached to an aromatic ring is 1. The summed E-state index contributed by atoms with van der Waals surface area (Å²) in [4.78, 5) is 18.5. The van der Waals surface area contributed by atoms with Gasteiger partial charge in [0.05, 0.1) is 17.7 Å². The summed E-state index contributed by atoms with van der Waals surface area (Å²) in [6.07, 6.45) is 0.461. The number of benzene rings is 1. The first-order chi connectivity index (χ1) is 15.9. The van der Waals surface area contributed by atoms with Crippen molar-refractivity contribution >= 4 is 11.6 Å². The Bertz CT molecular complexity index is 1470. The molecular formula is C25H22FN7. The quantitative estimate of drug-likeness (QED) is 0.443. The van der Waals surface area contributed by atoms with Crippen molar-refractivity contribution in [2.24, 2.45) is 0 Å². The van der Waals surface area contributed by atoms with Crippen LogP contribution in [0.1, 0.15) is 28.6 Å². The lowest BCUT2D eigenvalue weighted by Crippen LogP contribution is -2.06. The standard InChI is InChI=1S/C25H22FN7/c1-14-5-4-6-20(29-14)13-21-30-24-22(18-11-15(2)28-16(3)12-18)23(31-25(27)33(24)32-21)17-7-9-19(26)10-8-17/h4-12H,13H2,1-3H3,(H2,27,31). The molecular weight excluding hydrogens is 417 g/mol. The Morgan fingerprint density at radius 2 is 1.55 bits per heavy atom. The molecule has 5 rings (SSSR count). The molecule has 8 heteroatoms. The topological polar surface area (TPSA) is 94.9 Å². The number of pyridine rings is 2. The molecule has 0 saturated heterocycles. The van der Waals surface area contributed by atoms with Gasteiger partial charge in [-0.2, -0.15) is 4.52 Å². The van der Waals surface area contributed by atoms with Crippen LogP contribution in [0.4, 0.5) is 10.3 Å². The number of fused-ring (bicyclic) bond motifs is 1. The van der Waals surface area contributed by atoms with E-state index in [9.17, 15) is 4.39 Å². The molecule has 0 amide bonds. The van der Waals surface area contributed by atoms with Gasteiger partial charge < -0.3 is 5.73 Å². The molecule has 0 unspecified atom stereocenters. The molecule has 0 atom stereocenters. The number of hydrogen-bond donors (Lipinski definition) is 1. The molecule has 4 aromatic heterocycles. The third-order valence-corrected chi connectivity index (χ3v) is 5.33. The van der Waals surface area contributed by atoms with E-state index < -0.39 is 0 Å². The van der Waals surface area contributed by atoms with Gasteiger partial charge in [-0.3, -0.25) is 9.97 Å². The largest absolute Gasteiger partial charge is 0.368 e. The van der Waals surface area contributed by atoms with Gasteiger partial charge in [0.1, 0.15) is 5.82 Å². The summed E-state index contributed by atoms with van der Waals surface area (Å²) in [6, 6.07) is 16.0. The van der Waals surface area contributed by atoms with Crippen molar-refractivity contribution in [3.63, 3.8) is 0 Å². The van der Waals surface area contributed by atoms with Gasteiger partial charge in [-0.05, 0) is 74.9 Å². The molecule has 0 aliphatic rings. The first-order valence-electron chi connectivity index (χ1n) is 10.6. The van der Waals surface area contributed by atoms with Gasteiger partial charge in [-0.1, -0.05) is 6.07 Å². The summed E-state index contributed by atoms with van der Waals surface area (Å²) in [5.74, 6) is 0.466. The lowest BCUT2D eigenvalue weighted by atomic mass is 9.99. The highest BCUT2D eigenvalue weighted by Gasteiger charge is 2.21. The number of anilines is 1. The Labute approximate surface area is 190 Å². The van der Waals surface area contributed by atoms with Gasteiger partial charge in [0.15, 0.2) is 11.5 Å². The van der Waals surface area contributed by atoms with E-state index in [0.29, 0.717) is 23.6 Å². The zero-order valence-corrected chi connectivity index (χ0v) is 18.5. The molecule has 164 valence electrons. The van der Waals surface area contributed by atoms with Gasteiger partial charge in [-0.25, -0.2) is 14.4 Å². The van der Waals surface area contributed by atoms with Crippen LogP contribution in [-0.4, -0.2) is 29.5 Å². The van der Waals surface area contributed by atoms with Crippen molar-refractivity contribution in [2.75, 3.05) is 5.73 Å². The van der Waals surface area contributed by atoms with E-state index in [1.54, 1.807) is 16.6 Å². The van der Waals surface area contributed by atoms with Crippen LogP contribution < -0.4 is 5.73 Å². The minimum atomic E-state index is -0.319. The van der Waals surface area contributed by atoms with Crippen LogP contribution in [0.5, 0.6) is 0 Å². The van der Waals surface area contributed by atoms with Crippen molar-refractivity contribution < 1.29 is 4.39 Å². The minimum absolute atomic E-state index is 0.200. The van der Waals surface area contributed by atoms with E-state index >= 15 is 0 Å². The molecule has 5 aromatic rings. The van der Waals surface area contributed by atoms with E-state index in [-0.39, 0.29) is 11.8 Å². The maximum Gasteiger partial charge on any atom is 0.223 e. The van der Waals surface area contributed by atoms with Gasteiger partial charge in [-0.15, -0.1) is 5.10 Å². The Morgan fingerprint density at radius 3 is 2.24 bits per heavy atom.